The maximum absolute atomic E-state index is 10.1. The van der Waals surface area contributed by atoms with Gasteiger partial charge in [-0.05, 0) is 13.0 Å². The summed E-state index contributed by atoms with van der Waals surface area (Å²) in [5, 5.41) is 18.2. The number of allylic oxidation sites excluding steroid dienone is 2. The van der Waals surface area contributed by atoms with Gasteiger partial charge < -0.3 is 0 Å². The van der Waals surface area contributed by atoms with E-state index in [0.717, 1.165) is 0 Å². The molecule has 4 heteroatoms. The Morgan fingerprint density at radius 2 is 2.40 bits per heavy atom. The number of nitrogens with zero attached hydrogens (tertiary/aromatic N) is 2. The summed E-state index contributed by atoms with van der Waals surface area (Å²) in [5.74, 6) is 0. The molecule has 4 nitrogen and oxygen atoms in total. The third-order valence-electron chi connectivity index (χ3n) is 0.914. The Labute approximate surface area is 58.2 Å². The van der Waals surface area contributed by atoms with Crippen molar-refractivity contribution in [1.29, 1.82) is 5.26 Å². The first-order valence-electron chi connectivity index (χ1n) is 2.53. The van der Waals surface area contributed by atoms with Crippen molar-refractivity contribution in [1.82, 2.24) is 0 Å². The first-order chi connectivity index (χ1) is 4.63. The van der Waals surface area contributed by atoms with Crippen LogP contribution in [0.3, 0.4) is 0 Å². The third-order valence-corrected chi connectivity index (χ3v) is 0.914. The first-order valence-corrected chi connectivity index (χ1v) is 2.53. The molecular formula is C6H6N2O2. The van der Waals surface area contributed by atoms with E-state index in [1.165, 1.54) is 13.0 Å². The van der Waals surface area contributed by atoms with Gasteiger partial charge in [-0.1, -0.05) is 6.58 Å². The van der Waals surface area contributed by atoms with Gasteiger partial charge in [-0.3, -0.25) is 10.1 Å². The summed E-state index contributed by atoms with van der Waals surface area (Å²) in [6.07, 6.45) is 1.24. The van der Waals surface area contributed by atoms with Crippen LogP contribution in [0.2, 0.25) is 0 Å². The highest BCUT2D eigenvalue weighted by molar-refractivity contribution is 5.33. The molecule has 0 unspecified atom stereocenters. The summed E-state index contributed by atoms with van der Waals surface area (Å²) in [6, 6.07) is 1.59. The number of hydrogen-bond acceptors (Lipinski definition) is 3. The van der Waals surface area contributed by atoms with E-state index in [1.807, 2.05) is 0 Å². The molecule has 0 N–H and O–H groups in total. The van der Waals surface area contributed by atoms with Crippen molar-refractivity contribution < 1.29 is 4.92 Å². The standard InChI is InChI=1S/C6H6N2O2/c1-3-6(8(9)10)5(2)4-7/h3H,2H2,1H3/b6-3+. The minimum absolute atomic E-state index is 0.118. The van der Waals surface area contributed by atoms with E-state index in [0.29, 0.717) is 0 Å². The molecule has 0 aromatic carbocycles. The average Bonchev–Trinajstić information content (AvgIpc) is 1.88. The molecular weight excluding hydrogens is 132 g/mol. The van der Waals surface area contributed by atoms with E-state index < -0.39 is 4.92 Å². The van der Waals surface area contributed by atoms with Gasteiger partial charge >= 0.3 is 0 Å². The van der Waals surface area contributed by atoms with Crippen LogP contribution in [0.15, 0.2) is 23.9 Å². The van der Waals surface area contributed by atoms with Crippen LogP contribution < -0.4 is 0 Å². The van der Waals surface area contributed by atoms with E-state index in [-0.39, 0.29) is 11.3 Å². The molecule has 0 heterocycles. The Kier molecular flexibility index (Phi) is 2.85. The number of nitriles is 1. The summed E-state index contributed by atoms with van der Waals surface area (Å²) in [5.41, 5.74) is -0.352. The van der Waals surface area contributed by atoms with Gasteiger partial charge in [0.15, 0.2) is 0 Å². The lowest BCUT2D eigenvalue weighted by atomic mass is 10.2. The van der Waals surface area contributed by atoms with Crippen LogP contribution in [0.4, 0.5) is 0 Å². The van der Waals surface area contributed by atoms with Crippen LogP contribution in [0.25, 0.3) is 0 Å². The largest absolute Gasteiger partial charge is 0.282 e. The zero-order valence-electron chi connectivity index (χ0n) is 5.50. The molecule has 0 aliphatic rings. The van der Waals surface area contributed by atoms with Crippen molar-refractivity contribution >= 4 is 0 Å². The van der Waals surface area contributed by atoms with Gasteiger partial charge in [-0.2, -0.15) is 5.26 Å². The van der Waals surface area contributed by atoms with Gasteiger partial charge in [0.2, 0.25) is 0 Å². The lowest BCUT2D eigenvalue weighted by Gasteiger charge is -1.89. The van der Waals surface area contributed by atoms with Crippen LogP contribution in [-0.2, 0) is 0 Å². The predicted molar refractivity (Wildman–Crippen MR) is 35.5 cm³/mol. The summed E-state index contributed by atoms with van der Waals surface area (Å²) in [7, 11) is 0. The topological polar surface area (TPSA) is 66.9 Å². The van der Waals surface area contributed by atoms with E-state index in [1.54, 1.807) is 6.07 Å². The Bertz CT molecular complexity index is 235. The normalized spacial score (nSPS) is 10.2. The monoisotopic (exact) mass is 138 g/mol. The quantitative estimate of drug-likeness (QED) is 0.249. The molecule has 0 amide bonds. The van der Waals surface area contributed by atoms with E-state index in [4.69, 9.17) is 5.26 Å². The minimum atomic E-state index is -0.633. The molecule has 0 saturated heterocycles. The molecule has 0 radical (unpaired) electrons. The molecule has 52 valence electrons. The van der Waals surface area contributed by atoms with Gasteiger partial charge in [0.1, 0.15) is 11.6 Å². The second-order valence-electron chi connectivity index (χ2n) is 1.52. The molecule has 0 aromatic heterocycles. The summed E-state index contributed by atoms with van der Waals surface area (Å²) in [6.45, 7) is 4.68. The van der Waals surface area contributed by atoms with Gasteiger partial charge in [-0.15, -0.1) is 0 Å². The molecule has 0 fully saturated rings. The van der Waals surface area contributed by atoms with E-state index in [2.05, 4.69) is 6.58 Å². The average molecular weight is 138 g/mol. The molecule has 0 saturated carbocycles. The zero-order chi connectivity index (χ0) is 8.15. The van der Waals surface area contributed by atoms with Crippen molar-refractivity contribution in [2.24, 2.45) is 0 Å². The number of hydrogen-bond donors (Lipinski definition) is 0. The maximum atomic E-state index is 10.1. The van der Waals surface area contributed by atoms with Gasteiger partial charge in [0.25, 0.3) is 5.70 Å². The second-order valence-corrected chi connectivity index (χ2v) is 1.52. The van der Waals surface area contributed by atoms with Crippen molar-refractivity contribution in [3.8, 4) is 6.07 Å². The molecule has 0 bridgehead atoms. The highest BCUT2D eigenvalue weighted by atomic mass is 16.6. The highest BCUT2D eigenvalue weighted by Gasteiger charge is 2.11. The fraction of sp³-hybridized carbons (Fsp3) is 0.167. The van der Waals surface area contributed by atoms with Crippen molar-refractivity contribution in [2.75, 3.05) is 0 Å². The van der Waals surface area contributed by atoms with Crippen molar-refractivity contribution in [3.63, 3.8) is 0 Å². The fourth-order valence-electron chi connectivity index (χ4n) is 0.447. The molecule has 0 aliphatic heterocycles. The molecule has 0 atom stereocenters. The highest BCUT2D eigenvalue weighted by Crippen LogP contribution is 2.05. The lowest BCUT2D eigenvalue weighted by Crippen LogP contribution is -1.99. The van der Waals surface area contributed by atoms with Crippen LogP contribution in [0.5, 0.6) is 0 Å². The summed E-state index contributed by atoms with van der Waals surface area (Å²) < 4.78 is 0. The summed E-state index contributed by atoms with van der Waals surface area (Å²) >= 11 is 0. The Balaban J connectivity index is 4.60. The molecule has 0 aromatic rings. The SMILES string of the molecule is C=C(C#N)/C(=C\C)[N+](=O)[O-]. The Morgan fingerprint density at radius 3 is 2.50 bits per heavy atom. The van der Waals surface area contributed by atoms with Crippen molar-refractivity contribution in [2.45, 2.75) is 6.92 Å². The Morgan fingerprint density at radius 1 is 1.90 bits per heavy atom. The number of nitro groups is 1. The minimum Gasteiger partial charge on any atom is -0.258 e. The van der Waals surface area contributed by atoms with Crippen LogP contribution in [-0.4, -0.2) is 4.92 Å². The van der Waals surface area contributed by atoms with Gasteiger partial charge in [0.05, 0.1) is 4.92 Å². The maximum Gasteiger partial charge on any atom is 0.282 e. The lowest BCUT2D eigenvalue weighted by molar-refractivity contribution is -0.420. The van der Waals surface area contributed by atoms with E-state index in [9.17, 15) is 10.1 Å². The smallest absolute Gasteiger partial charge is 0.258 e. The van der Waals surface area contributed by atoms with Crippen LogP contribution in [0, 0.1) is 21.4 Å². The molecule has 0 spiro atoms. The van der Waals surface area contributed by atoms with E-state index >= 15 is 0 Å². The molecule has 0 aliphatic carbocycles. The van der Waals surface area contributed by atoms with Crippen molar-refractivity contribution in [3.05, 3.63) is 34.0 Å². The molecule has 0 rings (SSSR count). The van der Waals surface area contributed by atoms with Crippen LogP contribution in [0.1, 0.15) is 6.92 Å². The third kappa shape index (κ3) is 1.71. The predicted octanol–water partition coefficient (Wildman–Crippen LogP) is 1.25. The van der Waals surface area contributed by atoms with Gasteiger partial charge in [0, 0.05) is 0 Å². The second kappa shape index (κ2) is 3.41. The Hall–Kier alpha value is -1.63. The summed E-state index contributed by atoms with van der Waals surface area (Å²) in [4.78, 5) is 9.42. The van der Waals surface area contributed by atoms with Gasteiger partial charge in [-0.25, -0.2) is 0 Å². The zero-order valence-corrected chi connectivity index (χ0v) is 5.50. The first kappa shape index (κ1) is 8.37. The number of rotatable bonds is 2. The fourth-order valence-corrected chi connectivity index (χ4v) is 0.447. The molecule has 10 heavy (non-hydrogen) atoms. The van der Waals surface area contributed by atoms with Crippen LogP contribution >= 0.6 is 0 Å².